The highest BCUT2D eigenvalue weighted by molar-refractivity contribution is 8.00. The molecule has 794 valence electrons. The van der Waals surface area contributed by atoms with Gasteiger partial charge < -0.3 is 114 Å². The number of carboxylic acid groups (broad SMARTS) is 2. The van der Waals surface area contributed by atoms with Crippen molar-refractivity contribution in [3.8, 4) is 0 Å². The summed E-state index contributed by atoms with van der Waals surface area (Å²) in [6.45, 7) is 15.5. The number of halogens is 1. The van der Waals surface area contributed by atoms with Gasteiger partial charge >= 0.3 is 11.9 Å². The number of aliphatic carboxylic acids is 2. The largest absolute Gasteiger partial charge is 0.481 e. The van der Waals surface area contributed by atoms with Crippen LogP contribution in [0.4, 0.5) is 4.39 Å². The van der Waals surface area contributed by atoms with Gasteiger partial charge in [-0.3, -0.25) is 91.1 Å². The first kappa shape index (κ1) is 116. The lowest BCUT2D eigenvalue weighted by Crippen LogP contribution is -2.61. The molecule has 6 heterocycles. The van der Waals surface area contributed by atoms with Crippen LogP contribution in [0, 0.1) is 22.6 Å². The number of carbonyl (C=O) groups is 19. The Morgan fingerprint density at radius 2 is 1.06 bits per heavy atom. The summed E-state index contributed by atoms with van der Waals surface area (Å²) in [5.41, 5.74) is 12.1. The van der Waals surface area contributed by atoms with Gasteiger partial charge in [0.25, 0.3) is 0 Å². The van der Waals surface area contributed by atoms with Crippen LogP contribution < -0.4 is 64.6 Å². The third-order valence-corrected chi connectivity index (χ3v) is 27.9. The minimum absolute atomic E-state index is 0.00388. The number of Topliss-reactive ketones (excluding diaryl/α,β-unsaturated/α-hetero) is 1. The monoisotopic (exact) mass is 2040 g/mol. The fourth-order valence-electron chi connectivity index (χ4n) is 18.7. The summed E-state index contributed by atoms with van der Waals surface area (Å²) < 4.78 is 15.9. The molecule has 41 nitrogen and oxygen atoms in total. The van der Waals surface area contributed by atoms with Gasteiger partial charge in [-0.15, -0.1) is 11.8 Å². The van der Waals surface area contributed by atoms with Gasteiger partial charge in [-0.05, 0) is 137 Å². The van der Waals surface area contributed by atoms with Crippen molar-refractivity contribution in [3.63, 3.8) is 0 Å². The van der Waals surface area contributed by atoms with E-state index in [0.29, 0.717) is 77.0 Å². The highest BCUT2D eigenvalue weighted by Crippen LogP contribution is 2.31. The highest BCUT2D eigenvalue weighted by atomic mass is 32.2. The zero-order valence-corrected chi connectivity index (χ0v) is 85.8. The number of thioether (sulfide) groups is 1. The van der Waals surface area contributed by atoms with Gasteiger partial charge in [-0.25, -0.2) is 4.39 Å². The quantitative estimate of drug-likeness (QED) is 0.0306. The van der Waals surface area contributed by atoms with E-state index in [1.54, 1.807) is 110 Å². The van der Waals surface area contributed by atoms with Crippen molar-refractivity contribution in [2.75, 3.05) is 58.3 Å². The lowest BCUT2D eigenvalue weighted by atomic mass is 9.87. The van der Waals surface area contributed by atoms with Crippen molar-refractivity contribution in [1.82, 2.24) is 87.2 Å². The van der Waals surface area contributed by atoms with Crippen LogP contribution >= 0.6 is 11.8 Å². The Morgan fingerprint density at radius 1 is 0.524 bits per heavy atom. The molecule has 5 aromatic rings. The summed E-state index contributed by atoms with van der Waals surface area (Å²) in [7, 11) is 2.70. The molecular formula is C102H146FN19O22S. The van der Waals surface area contributed by atoms with Gasteiger partial charge in [-0.1, -0.05) is 143 Å². The van der Waals surface area contributed by atoms with Gasteiger partial charge in [0.05, 0.1) is 18.3 Å². The molecule has 0 aliphatic carbocycles. The summed E-state index contributed by atoms with van der Waals surface area (Å²) in [6.07, 6.45) is 0.425. The zero-order valence-electron chi connectivity index (χ0n) is 85.0. The molecule has 3 aromatic carbocycles. The fraction of sp³-hybridized carbons (Fsp3) is 0.598. The van der Waals surface area contributed by atoms with Gasteiger partial charge in [0.1, 0.15) is 103 Å². The molecular weight excluding hydrogens is 1890 g/mol. The van der Waals surface area contributed by atoms with E-state index in [9.17, 15) is 58.1 Å². The van der Waals surface area contributed by atoms with Crippen LogP contribution in [-0.2, 0) is 117 Å². The Hall–Kier alpha value is -12.9. The molecule has 43 heteroatoms. The van der Waals surface area contributed by atoms with E-state index in [2.05, 4.69) is 58.2 Å². The molecule has 16 amide bonds. The summed E-state index contributed by atoms with van der Waals surface area (Å²) in [5.74, 6) is -19.6. The van der Waals surface area contributed by atoms with Crippen molar-refractivity contribution in [3.05, 3.63) is 108 Å². The topological polar surface area (TPSA) is 594 Å². The number of fused-ring (bicyclic) bond motifs is 5. The first-order valence-electron chi connectivity index (χ1n) is 50.2. The van der Waals surface area contributed by atoms with Crippen LogP contribution in [0.2, 0.25) is 0 Å². The molecule has 4 aliphatic rings. The van der Waals surface area contributed by atoms with Gasteiger partial charge in [-0.2, -0.15) is 0 Å². The van der Waals surface area contributed by atoms with Crippen molar-refractivity contribution >= 4 is 146 Å². The number of likely N-dealkylation sites (N-methyl/N-ethyl adjacent to an activating group) is 2. The number of aliphatic hydroxyl groups excluding tert-OH is 1. The number of carboxylic acids is 2. The minimum atomic E-state index is -1.91. The molecule has 4 saturated heterocycles. The average Bonchev–Trinajstić information content (AvgIpc) is 1.73. The lowest BCUT2D eigenvalue weighted by molar-refractivity contribution is -0.149. The number of nitrogens with zero attached hydrogens (tertiary/aromatic N) is 6. The zero-order chi connectivity index (χ0) is 107. The number of carbonyl (C=O) groups excluding carboxylic acids is 17. The van der Waals surface area contributed by atoms with E-state index in [0.717, 1.165) is 38.6 Å². The standard InChI is InChI=1S/C102H146FN19O22S/c1-13-15-30-77-91(135)112-70(46-58(3)4)89(133)116-75(86(105)130)56-145-57-83(125)108-72(47-59-35-37-62(103)38-36-59)97(141)120-44-24-22-33-78(120)93(137)115-74(51-84(126)127)98(142)121-45-25-34-79(121)92(136)110-67(39-40-82(124)101(5,6)7)87(131)111-69(29-21-23-42-104)96(140)122-54-63(123)50-81(122)94(138)113-71(48-60-52-107-66-28-19-17-26-64(60)66)90(134)109-68(41-43-106-100(144)102(8,9)10)88(132)114-73(95(139)118(12)80(31-16-14-2)99(143)117(77)11)49-61-53-119(55-85(128)129)76-32-20-18-27-65(61)76/h17-20,26-28,32,35-38,52-53,58,63,67-75,77-81,107,123H,13-16,21-25,29-31,33-34,39-51,54-57,104H2,1-12H3,(H2,105,130)(H,106,144)(H,108,125)(H,109,134)(H,110,136)(H,111,131)(H,112,135)(H,113,138)(H,114,132)(H,115,137)(H,116,133)(H,126,127)(H,128,129)/t63-,67+,68+,69+,70+,71+,72+,73+,74+,75+,77+,78+,79+,80+,81+/m1/s1. The Labute approximate surface area is 847 Å². The van der Waals surface area contributed by atoms with Crippen molar-refractivity contribution in [2.24, 2.45) is 28.2 Å². The number of rotatable bonds is 29. The number of primary amides is 1. The molecule has 9 rings (SSSR count). The molecule has 0 saturated carbocycles. The molecule has 2 aromatic heterocycles. The number of piperidine rings is 1. The Kier molecular flexibility index (Phi) is 42.9. The number of hydrogen-bond donors (Lipinski definition) is 16. The number of nitrogens with two attached hydrogens (primary N) is 2. The number of hydrogen-bond acceptors (Lipinski definition) is 22. The van der Waals surface area contributed by atoms with E-state index >= 15 is 52.7 Å². The number of aromatic amines is 1. The van der Waals surface area contributed by atoms with Crippen LogP contribution in [0.25, 0.3) is 21.8 Å². The van der Waals surface area contributed by atoms with Crippen LogP contribution in [0.1, 0.15) is 214 Å². The molecule has 4 fully saturated rings. The van der Waals surface area contributed by atoms with E-state index < -0.39 is 265 Å². The number of nitrogens with one attached hydrogen (secondary N) is 11. The van der Waals surface area contributed by atoms with E-state index in [1.807, 2.05) is 13.8 Å². The molecule has 4 aliphatic heterocycles. The number of H-pyrrole nitrogens is 1. The highest BCUT2D eigenvalue weighted by Gasteiger charge is 2.48. The summed E-state index contributed by atoms with van der Waals surface area (Å²) >= 11 is 0.810. The Balaban J connectivity index is 1.15. The third kappa shape index (κ3) is 32.5. The first-order valence-corrected chi connectivity index (χ1v) is 51.3. The molecule has 145 heavy (non-hydrogen) atoms. The Bertz CT molecular complexity index is 5470. The fourth-order valence-corrected chi connectivity index (χ4v) is 19.6. The second-order valence-electron chi connectivity index (χ2n) is 40.7. The first-order chi connectivity index (χ1) is 68.6. The van der Waals surface area contributed by atoms with Crippen LogP contribution in [0.3, 0.4) is 0 Å². The van der Waals surface area contributed by atoms with Crippen molar-refractivity contribution in [2.45, 2.75) is 314 Å². The third-order valence-electron chi connectivity index (χ3n) is 26.8. The summed E-state index contributed by atoms with van der Waals surface area (Å²) in [5, 5.41) is 60.8. The predicted molar refractivity (Wildman–Crippen MR) is 537 cm³/mol. The SMILES string of the molecule is CCCC[C@H]1C(=O)N(C)[C@@H](CCCC)C(=O)N[C@@H](CC(C)C)C(=O)N[C@H](C(N)=O)CSCC(=O)N[C@@H](Cc2ccc(F)cc2)C(=O)N2CCCC[C@H]2C(=O)N[C@@H](CC(=O)O)C(=O)N2CCC[C@H]2C(=O)N[C@@H](CCC(=O)C(C)(C)C)C(=O)N[C@@H](CCCCN)C(=O)N2C[C@H](O)C[C@H]2C(=O)N[C@@H](Cc2c[nH]c3ccccc23)C(=O)N[C@@H](CCNC(=O)C(C)(C)C)C(=O)N[C@@H](Cc2cn(CC(=O)O)c3ccccc23)C(=O)N1C. The maximum Gasteiger partial charge on any atom is 0.323 e. The maximum atomic E-state index is 16.2. The van der Waals surface area contributed by atoms with Crippen molar-refractivity contribution in [1.29, 1.82) is 0 Å². The molecule has 0 radical (unpaired) electrons. The van der Waals surface area contributed by atoms with Crippen LogP contribution in [0.15, 0.2) is 85.2 Å². The van der Waals surface area contributed by atoms with E-state index in [4.69, 9.17) is 11.5 Å². The van der Waals surface area contributed by atoms with Gasteiger partial charge in [0, 0.05) is 123 Å². The van der Waals surface area contributed by atoms with E-state index in [1.165, 1.54) is 46.8 Å². The van der Waals surface area contributed by atoms with Gasteiger partial charge in [0.2, 0.25) is 94.5 Å². The number of aliphatic hydroxyl groups is 1. The molecule has 18 N–H and O–H groups in total. The molecule has 15 atom stereocenters. The van der Waals surface area contributed by atoms with Crippen LogP contribution in [-0.4, -0.2) is 311 Å². The number of aromatic nitrogens is 2. The predicted octanol–water partition coefficient (Wildman–Crippen LogP) is 2.94. The lowest BCUT2D eigenvalue weighted by Gasteiger charge is -2.38. The number of ketones is 1. The van der Waals surface area contributed by atoms with Crippen LogP contribution in [0.5, 0.6) is 0 Å². The molecule has 0 bridgehead atoms. The minimum Gasteiger partial charge on any atom is -0.481 e. The number of amides is 16. The number of unbranched alkanes of at least 4 members (excludes halogenated alkanes) is 3. The number of benzene rings is 3. The normalized spacial score (nSPS) is 24.6. The second-order valence-corrected chi connectivity index (χ2v) is 41.7. The van der Waals surface area contributed by atoms with Gasteiger partial charge in [0.15, 0.2) is 0 Å². The molecule has 0 unspecified atom stereocenters. The van der Waals surface area contributed by atoms with E-state index in [-0.39, 0.29) is 121 Å². The smallest absolute Gasteiger partial charge is 0.323 e. The Morgan fingerprint density at radius 3 is 1.69 bits per heavy atom. The number of para-hydroxylation sites is 2. The van der Waals surface area contributed by atoms with Crippen molar-refractivity contribution < 1.29 is 111 Å². The maximum absolute atomic E-state index is 16.2. The second kappa shape index (κ2) is 53.8. The summed E-state index contributed by atoms with van der Waals surface area (Å²) in [6, 6.07) is -3.44. The summed E-state index contributed by atoms with van der Waals surface area (Å²) in [4.78, 5) is 290. The molecule has 0 spiro atoms. The average molecular weight is 2040 g/mol.